The van der Waals surface area contributed by atoms with Crippen molar-refractivity contribution >= 4 is 11.9 Å². The van der Waals surface area contributed by atoms with Crippen LogP contribution in [0.4, 0.5) is 0 Å². The molecule has 1 saturated carbocycles. The number of likely N-dealkylation sites (tertiary alicyclic amines) is 1. The Labute approximate surface area is 144 Å². The van der Waals surface area contributed by atoms with Crippen molar-refractivity contribution in [3.63, 3.8) is 0 Å². The van der Waals surface area contributed by atoms with Crippen molar-refractivity contribution in [2.24, 2.45) is 4.99 Å². The zero-order chi connectivity index (χ0) is 16.9. The van der Waals surface area contributed by atoms with Gasteiger partial charge >= 0.3 is 0 Å². The van der Waals surface area contributed by atoms with Gasteiger partial charge in [-0.05, 0) is 44.2 Å². The number of carbonyl (C=O) groups excluding carboxylic acids is 1. The molecule has 1 heterocycles. The number of aliphatic imine (C=N–C) groups is 1. The number of guanidine groups is 1. The number of nitrogens with one attached hydrogen (secondary N) is 2. The molecule has 1 aromatic rings. The van der Waals surface area contributed by atoms with E-state index in [4.69, 9.17) is 0 Å². The summed E-state index contributed by atoms with van der Waals surface area (Å²) in [7, 11) is 0. The first-order valence-corrected chi connectivity index (χ1v) is 9.07. The largest absolute Gasteiger partial charge is 0.357 e. The number of nitrogens with zero attached hydrogens (tertiary/aromatic N) is 2. The fourth-order valence-corrected chi connectivity index (χ4v) is 3.41. The molecule has 0 bridgehead atoms. The highest BCUT2D eigenvalue weighted by Gasteiger charge is 2.39. The lowest BCUT2D eigenvalue weighted by molar-refractivity contribution is -0.128. The van der Waals surface area contributed by atoms with Gasteiger partial charge in [-0.1, -0.05) is 24.3 Å². The summed E-state index contributed by atoms with van der Waals surface area (Å²) in [6.07, 6.45) is 3.36. The molecule has 1 saturated heterocycles. The first-order chi connectivity index (χ1) is 11.7. The van der Waals surface area contributed by atoms with Crippen LogP contribution >= 0.6 is 0 Å². The predicted octanol–water partition coefficient (Wildman–Crippen LogP) is 2.03. The molecule has 0 spiro atoms. The molecule has 2 atom stereocenters. The Bertz CT molecular complexity index is 607. The van der Waals surface area contributed by atoms with Gasteiger partial charge in [0.2, 0.25) is 5.91 Å². The van der Waals surface area contributed by atoms with E-state index in [2.05, 4.69) is 46.8 Å². The molecule has 130 valence electrons. The Balaban J connectivity index is 1.55. The maximum absolute atomic E-state index is 12.1. The van der Waals surface area contributed by atoms with Gasteiger partial charge in [0, 0.05) is 31.6 Å². The van der Waals surface area contributed by atoms with Crippen LogP contribution in [0.25, 0.3) is 0 Å². The van der Waals surface area contributed by atoms with E-state index >= 15 is 0 Å². The molecular formula is C19H28N4O. The summed E-state index contributed by atoms with van der Waals surface area (Å²) in [4.78, 5) is 18.6. The van der Waals surface area contributed by atoms with E-state index in [9.17, 15) is 4.79 Å². The van der Waals surface area contributed by atoms with Crippen molar-refractivity contribution in [2.45, 2.75) is 45.1 Å². The first kappa shape index (κ1) is 16.8. The summed E-state index contributed by atoms with van der Waals surface area (Å²) in [5.74, 6) is 1.44. The van der Waals surface area contributed by atoms with E-state index in [1.807, 2.05) is 11.8 Å². The summed E-state index contributed by atoms with van der Waals surface area (Å²) < 4.78 is 0. The van der Waals surface area contributed by atoms with E-state index in [-0.39, 0.29) is 12.5 Å². The maximum Gasteiger partial charge on any atom is 0.244 e. The smallest absolute Gasteiger partial charge is 0.244 e. The van der Waals surface area contributed by atoms with Gasteiger partial charge in [0.25, 0.3) is 0 Å². The molecular weight excluding hydrogens is 300 g/mol. The molecule has 24 heavy (non-hydrogen) atoms. The van der Waals surface area contributed by atoms with Gasteiger partial charge in [-0.25, -0.2) is 4.99 Å². The monoisotopic (exact) mass is 328 g/mol. The van der Waals surface area contributed by atoms with Gasteiger partial charge in [0.15, 0.2) is 5.96 Å². The van der Waals surface area contributed by atoms with Crippen LogP contribution in [0.3, 0.4) is 0 Å². The van der Waals surface area contributed by atoms with Crippen LogP contribution in [-0.2, 0) is 4.79 Å². The van der Waals surface area contributed by atoms with Gasteiger partial charge < -0.3 is 15.5 Å². The zero-order valence-electron chi connectivity index (χ0n) is 14.7. The van der Waals surface area contributed by atoms with E-state index in [0.717, 1.165) is 44.9 Å². The van der Waals surface area contributed by atoms with Crippen molar-refractivity contribution in [3.05, 3.63) is 35.4 Å². The summed E-state index contributed by atoms with van der Waals surface area (Å²) in [5.41, 5.74) is 2.76. The van der Waals surface area contributed by atoms with E-state index in [1.54, 1.807) is 0 Å². The lowest BCUT2D eigenvalue weighted by Crippen LogP contribution is -2.40. The summed E-state index contributed by atoms with van der Waals surface area (Å²) in [5, 5.41) is 6.74. The number of benzene rings is 1. The minimum Gasteiger partial charge on any atom is -0.357 e. The Morgan fingerprint density at radius 1 is 1.29 bits per heavy atom. The molecule has 2 aliphatic rings. The Hall–Kier alpha value is -2.04. The summed E-state index contributed by atoms with van der Waals surface area (Å²) in [6, 6.07) is 8.97. The number of hydrogen-bond acceptors (Lipinski definition) is 2. The Kier molecular flexibility index (Phi) is 5.38. The number of hydrogen-bond donors (Lipinski definition) is 2. The fourth-order valence-electron chi connectivity index (χ4n) is 3.41. The molecule has 0 aromatic heterocycles. The van der Waals surface area contributed by atoms with Crippen LogP contribution in [0.15, 0.2) is 29.3 Å². The van der Waals surface area contributed by atoms with Crippen LogP contribution in [0.2, 0.25) is 0 Å². The molecule has 1 aliphatic carbocycles. The zero-order valence-corrected chi connectivity index (χ0v) is 14.7. The molecule has 1 aromatic carbocycles. The number of rotatable bonds is 5. The topological polar surface area (TPSA) is 56.7 Å². The number of carbonyl (C=O) groups is 1. The quantitative estimate of drug-likeness (QED) is 0.642. The van der Waals surface area contributed by atoms with E-state index in [0.29, 0.717) is 12.0 Å². The van der Waals surface area contributed by atoms with Crippen molar-refractivity contribution in [1.82, 2.24) is 15.5 Å². The van der Waals surface area contributed by atoms with Gasteiger partial charge in [0.05, 0.1) is 0 Å². The van der Waals surface area contributed by atoms with Gasteiger partial charge in [-0.15, -0.1) is 0 Å². The van der Waals surface area contributed by atoms with Gasteiger partial charge in [-0.2, -0.15) is 0 Å². The van der Waals surface area contributed by atoms with Crippen molar-refractivity contribution in [1.29, 1.82) is 0 Å². The first-order valence-electron chi connectivity index (χ1n) is 9.07. The van der Waals surface area contributed by atoms with Crippen molar-refractivity contribution in [2.75, 3.05) is 26.2 Å². The Morgan fingerprint density at radius 3 is 2.75 bits per heavy atom. The minimum absolute atomic E-state index is 0.135. The molecule has 1 amide bonds. The molecule has 2 fully saturated rings. The second-order valence-corrected chi connectivity index (χ2v) is 6.73. The molecule has 5 heteroatoms. The lowest BCUT2D eigenvalue weighted by Gasteiger charge is -2.15. The fraction of sp³-hybridized carbons (Fsp3) is 0.579. The van der Waals surface area contributed by atoms with Crippen LogP contribution in [-0.4, -0.2) is 49.0 Å². The third kappa shape index (κ3) is 4.08. The van der Waals surface area contributed by atoms with Crippen LogP contribution in [0.1, 0.15) is 43.2 Å². The highest BCUT2D eigenvalue weighted by atomic mass is 16.2. The van der Waals surface area contributed by atoms with E-state index < -0.39 is 0 Å². The highest BCUT2D eigenvalue weighted by Crippen LogP contribution is 2.41. The second-order valence-electron chi connectivity index (χ2n) is 6.73. The maximum atomic E-state index is 12.1. The predicted molar refractivity (Wildman–Crippen MR) is 97.3 cm³/mol. The Morgan fingerprint density at radius 2 is 2.04 bits per heavy atom. The summed E-state index contributed by atoms with van der Waals surface area (Å²) >= 11 is 0. The second kappa shape index (κ2) is 7.69. The van der Waals surface area contributed by atoms with Crippen molar-refractivity contribution < 1.29 is 4.79 Å². The average molecular weight is 328 g/mol. The number of amides is 1. The van der Waals surface area contributed by atoms with Gasteiger partial charge in [0.1, 0.15) is 6.54 Å². The van der Waals surface area contributed by atoms with Gasteiger partial charge in [-0.3, -0.25) is 4.79 Å². The minimum atomic E-state index is 0.135. The van der Waals surface area contributed by atoms with Crippen LogP contribution < -0.4 is 10.6 Å². The third-order valence-electron chi connectivity index (χ3n) is 4.88. The molecule has 1 aliphatic heterocycles. The SMILES string of the molecule is CCNC(=NCC(=O)N1CCCC1)NC1CC1c1ccccc1C. The normalized spacial score (nSPS) is 23.2. The molecule has 3 rings (SSSR count). The van der Waals surface area contributed by atoms with Crippen LogP contribution in [0, 0.1) is 6.92 Å². The van der Waals surface area contributed by atoms with Crippen LogP contribution in [0.5, 0.6) is 0 Å². The van der Waals surface area contributed by atoms with Crippen molar-refractivity contribution in [3.8, 4) is 0 Å². The van der Waals surface area contributed by atoms with E-state index in [1.165, 1.54) is 11.1 Å². The third-order valence-corrected chi connectivity index (χ3v) is 4.88. The number of aryl methyl sites for hydroxylation is 1. The molecule has 5 nitrogen and oxygen atoms in total. The highest BCUT2D eigenvalue weighted by molar-refractivity contribution is 5.85. The molecule has 2 N–H and O–H groups in total. The summed E-state index contributed by atoms with van der Waals surface area (Å²) in [6.45, 7) is 7.01. The standard InChI is InChI=1S/C19H28N4O/c1-3-20-19(21-13-18(24)23-10-6-7-11-23)22-17-12-16(17)15-9-5-4-8-14(15)2/h4-5,8-9,16-17H,3,6-7,10-13H2,1-2H3,(H2,20,21,22). The average Bonchev–Trinajstić information content (AvgIpc) is 3.10. The molecule has 0 radical (unpaired) electrons. The molecule has 2 unspecified atom stereocenters. The lowest BCUT2D eigenvalue weighted by atomic mass is 10.0.